The van der Waals surface area contributed by atoms with E-state index in [1.54, 1.807) is 6.21 Å². The first-order chi connectivity index (χ1) is 12.1. The van der Waals surface area contributed by atoms with Crippen LogP contribution in [-0.2, 0) is 4.79 Å². The zero-order valence-corrected chi connectivity index (χ0v) is 14.4. The topological polar surface area (TPSA) is 86.9 Å². The number of rotatable bonds is 6. The first kappa shape index (κ1) is 17.5. The number of aliphatic carboxylic acids is 1. The third-order valence-corrected chi connectivity index (χ3v) is 4.55. The summed E-state index contributed by atoms with van der Waals surface area (Å²) >= 11 is 6.16. The Morgan fingerprint density at radius 2 is 2.20 bits per heavy atom. The number of halogens is 1. The van der Waals surface area contributed by atoms with Crippen LogP contribution in [0.25, 0.3) is 11.3 Å². The summed E-state index contributed by atoms with van der Waals surface area (Å²) < 4.78 is 5.73. The molecule has 0 unspecified atom stereocenters. The van der Waals surface area contributed by atoms with Gasteiger partial charge >= 0.3 is 5.97 Å². The molecule has 0 aliphatic carbocycles. The molecule has 1 aromatic carbocycles. The maximum atomic E-state index is 11.0. The molecule has 7 heteroatoms. The standard InChI is InChI=1S/C18H20ClN3O3/c19-16-4-2-1-3-15(16)17-6-5-14(25-17)11-22-21-9-12-7-13(18(23)24)10-20-8-12/h1-6,11-13,20-21H,7-10H2,(H,23,24)/b22-11+/t12-,13+/m0/s1. The summed E-state index contributed by atoms with van der Waals surface area (Å²) in [4.78, 5) is 11.0. The second-order valence-corrected chi connectivity index (χ2v) is 6.50. The van der Waals surface area contributed by atoms with Gasteiger partial charge in [0.1, 0.15) is 11.5 Å². The van der Waals surface area contributed by atoms with Crippen molar-refractivity contribution in [2.24, 2.45) is 16.9 Å². The van der Waals surface area contributed by atoms with Crippen molar-refractivity contribution in [2.75, 3.05) is 19.6 Å². The van der Waals surface area contributed by atoms with E-state index in [1.807, 2.05) is 36.4 Å². The molecule has 132 valence electrons. The van der Waals surface area contributed by atoms with Crippen LogP contribution in [0.15, 0.2) is 45.9 Å². The number of carboxylic acids is 1. The van der Waals surface area contributed by atoms with Gasteiger partial charge in [-0.2, -0.15) is 5.10 Å². The molecule has 3 rings (SSSR count). The van der Waals surface area contributed by atoms with Crippen LogP contribution >= 0.6 is 11.6 Å². The Kier molecular flexibility index (Phi) is 5.73. The molecule has 0 bridgehead atoms. The smallest absolute Gasteiger partial charge is 0.307 e. The lowest BCUT2D eigenvalue weighted by Gasteiger charge is -2.27. The number of nitrogens with zero attached hydrogens (tertiary/aromatic N) is 1. The van der Waals surface area contributed by atoms with Gasteiger partial charge < -0.3 is 20.3 Å². The van der Waals surface area contributed by atoms with Crippen LogP contribution in [0.3, 0.4) is 0 Å². The zero-order valence-electron chi connectivity index (χ0n) is 13.6. The lowest BCUT2D eigenvalue weighted by Crippen LogP contribution is -2.42. The Morgan fingerprint density at radius 3 is 3.00 bits per heavy atom. The van der Waals surface area contributed by atoms with Gasteiger partial charge in [-0.05, 0) is 43.1 Å². The van der Waals surface area contributed by atoms with Gasteiger partial charge in [-0.1, -0.05) is 23.7 Å². The largest absolute Gasteiger partial charge is 0.481 e. The number of piperidine rings is 1. The minimum atomic E-state index is -0.747. The summed E-state index contributed by atoms with van der Waals surface area (Å²) in [7, 11) is 0. The number of nitrogens with one attached hydrogen (secondary N) is 2. The molecule has 25 heavy (non-hydrogen) atoms. The molecule has 1 aliphatic rings. The van der Waals surface area contributed by atoms with E-state index in [4.69, 9.17) is 21.1 Å². The fraction of sp³-hybridized carbons (Fsp3) is 0.333. The number of furan rings is 1. The van der Waals surface area contributed by atoms with Crippen molar-refractivity contribution in [1.82, 2.24) is 10.7 Å². The van der Waals surface area contributed by atoms with Gasteiger partial charge in [0.15, 0.2) is 0 Å². The van der Waals surface area contributed by atoms with Crippen LogP contribution in [0.1, 0.15) is 12.2 Å². The van der Waals surface area contributed by atoms with E-state index in [0.717, 1.165) is 12.1 Å². The van der Waals surface area contributed by atoms with Crippen LogP contribution in [0.5, 0.6) is 0 Å². The Bertz CT molecular complexity index is 760. The molecule has 0 spiro atoms. The normalized spacial score (nSPS) is 20.7. The molecule has 1 saturated heterocycles. The van der Waals surface area contributed by atoms with Crippen molar-refractivity contribution in [3.63, 3.8) is 0 Å². The summed E-state index contributed by atoms with van der Waals surface area (Å²) in [5, 5.41) is 17.0. The highest BCUT2D eigenvalue weighted by atomic mass is 35.5. The number of carbonyl (C=O) groups is 1. The monoisotopic (exact) mass is 361 g/mol. The summed E-state index contributed by atoms with van der Waals surface area (Å²) in [5.41, 5.74) is 3.81. The Hall–Kier alpha value is -2.31. The second-order valence-electron chi connectivity index (χ2n) is 6.10. The van der Waals surface area contributed by atoms with Crippen molar-refractivity contribution in [3.05, 3.63) is 47.2 Å². The van der Waals surface area contributed by atoms with Gasteiger partial charge in [0.2, 0.25) is 0 Å². The van der Waals surface area contributed by atoms with Crippen molar-refractivity contribution in [3.8, 4) is 11.3 Å². The first-order valence-corrected chi connectivity index (χ1v) is 8.55. The van der Waals surface area contributed by atoms with Gasteiger partial charge in [-0.3, -0.25) is 4.79 Å². The molecule has 2 aromatic rings. The molecule has 2 atom stereocenters. The van der Waals surface area contributed by atoms with Crippen LogP contribution in [0.4, 0.5) is 0 Å². The van der Waals surface area contributed by atoms with Crippen molar-refractivity contribution >= 4 is 23.8 Å². The molecule has 1 aliphatic heterocycles. The Balaban J connectivity index is 1.52. The highest BCUT2D eigenvalue weighted by Crippen LogP contribution is 2.28. The van der Waals surface area contributed by atoms with E-state index in [-0.39, 0.29) is 11.8 Å². The minimum Gasteiger partial charge on any atom is -0.481 e. The highest BCUT2D eigenvalue weighted by molar-refractivity contribution is 6.33. The predicted molar refractivity (Wildman–Crippen MR) is 96.9 cm³/mol. The van der Waals surface area contributed by atoms with E-state index < -0.39 is 5.97 Å². The van der Waals surface area contributed by atoms with Crippen LogP contribution in [-0.4, -0.2) is 36.9 Å². The fourth-order valence-corrected chi connectivity index (χ4v) is 3.12. The summed E-state index contributed by atoms with van der Waals surface area (Å²) in [5.74, 6) is 0.471. The molecule has 0 radical (unpaired) electrons. The Labute approximate surface area is 150 Å². The molecule has 3 N–H and O–H groups in total. The lowest BCUT2D eigenvalue weighted by molar-refractivity contribution is -0.142. The van der Waals surface area contributed by atoms with Crippen molar-refractivity contribution in [2.45, 2.75) is 6.42 Å². The van der Waals surface area contributed by atoms with Crippen LogP contribution in [0, 0.1) is 11.8 Å². The minimum absolute atomic E-state index is 0.238. The van der Waals surface area contributed by atoms with Gasteiger partial charge in [0, 0.05) is 18.7 Å². The van der Waals surface area contributed by atoms with Gasteiger partial charge in [-0.25, -0.2) is 0 Å². The molecule has 0 amide bonds. The number of benzene rings is 1. The third-order valence-electron chi connectivity index (χ3n) is 4.22. The van der Waals surface area contributed by atoms with Crippen molar-refractivity contribution < 1.29 is 14.3 Å². The van der Waals surface area contributed by atoms with E-state index in [2.05, 4.69) is 15.8 Å². The van der Waals surface area contributed by atoms with Gasteiger partial charge in [0.25, 0.3) is 0 Å². The first-order valence-electron chi connectivity index (χ1n) is 8.17. The molecule has 2 heterocycles. The zero-order chi connectivity index (χ0) is 17.6. The van der Waals surface area contributed by atoms with E-state index in [1.165, 1.54) is 0 Å². The maximum absolute atomic E-state index is 11.0. The number of carboxylic acid groups (broad SMARTS) is 1. The lowest BCUT2D eigenvalue weighted by atomic mass is 9.91. The third kappa shape index (κ3) is 4.61. The average molecular weight is 362 g/mol. The van der Waals surface area contributed by atoms with Gasteiger partial charge in [0.05, 0.1) is 17.2 Å². The Morgan fingerprint density at radius 1 is 1.36 bits per heavy atom. The molecular formula is C18H20ClN3O3. The molecule has 6 nitrogen and oxygen atoms in total. The van der Waals surface area contributed by atoms with Gasteiger partial charge in [-0.15, -0.1) is 0 Å². The molecule has 1 fully saturated rings. The number of hydrazone groups is 1. The molecular weight excluding hydrogens is 342 g/mol. The highest BCUT2D eigenvalue weighted by Gasteiger charge is 2.26. The summed E-state index contributed by atoms with van der Waals surface area (Å²) in [6.07, 6.45) is 2.26. The maximum Gasteiger partial charge on any atom is 0.307 e. The molecule has 0 saturated carbocycles. The van der Waals surface area contributed by atoms with E-state index >= 15 is 0 Å². The van der Waals surface area contributed by atoms with E-state index in [9.17, 15) is 4.79 Å². The number of hydrogen-bond acceptors (Lipinski definition) is 5. The SMILES string of the molecule is O=C(O)[C@H]1CNC[C@@H](CN/N=C/c2ccc(-c3ccccc3Cl)o2)C1. The summed E-state index contributed by atoms with van der Waals surface area (Å²) in [6, 6.07) is 11.2. The summed E-state index contributed by atoms with van der Waals surface area (Å²) in [6.45, 7) is 1.95. The second kappa shape index (κ2) is 8.18. The quantitative estimate of drug-likeness (QED) is 0.544. The van der Waals surface area contributed by atoms with Crippen molar-refractivity contribution in [1.29, 1.82) is 0 Å². The average Bonchev–Trinajstić information content (AvgIpc) is 3.08. The molecule has 1 aromatic heterocycles. The van der Waals surface area contributed by atoms with Crippen LogP contribution < -0.4 is 10.7 Å². The van der Waals surface area contributed by atoms with Crippen LogP contribution in [0.2, 0.25) is 5.02 Å². The fourth-order valence-electron chi connectivity index (χ4n) is 2.89. The number of hydrogen-bond donors (Lipinski definition) is 3. The predicted octanol–water partition coefficient (Wildman–Crippen LogP) is 2.83. The van der Waals surface area contributed by atoms with E-state index in [0.29, 0.717) is 36.1 Å².